The molecule has 0 saturated carbocycles. The Balaban J connectivity index is 2.14. The third-order valence-corrected chi connectivity index (χ3v) is 3.02. The monoisotopic (exact) mass is 254 g/mol. The number of methoxy groups -OCH3 is 1. The molecule has 0 amide bonds. The lowest BCUT2D eigenvalue weighted by atomic mass is 10.1. The lowest BCUT2D eigenvalue weighted by Crippen LogP contribution is -1.88. The second-order valence-corrected chi connectivity index (χ2v) is 4.27. The molecular weight excluding hydrogens is 240 g/mol. The van der Waals surface area contributed by atoms with E-state index in [9.17, 15) is 0 Å². The largest absolute Gasteiger partial charge is 0.497 e. The standard InChI is InChI=1S/C15H14N2O2/c1-3-10-7-11(9-12(8-10)18-2)15-17-14-13(19-15)5-4-6-16-14/h4-9H,3H2,1-2H3. The summed E-state index contributed by atoms with van der Waals surface area (Å²) in [4.78, 5) is 8.58. The Bertz CT molecular complexity index is 664. The average molecular weight is 254 g/mol. The number of aromatic nitrogens is 2. The molecule has 4 heteroatoms. The Labute approximate surface area is 111 Å². The van der Waals surface area contributed by atoms with E-state index < -0.39 is 0 Å². The summed E-state index contributed by atoms with van der Waals surface area (Å²) in [6.07, 6.45) is 2.64. The molecular formula is C15H14N2O2. The summed E-state index contributed by atoms with van der Waals surface area (Å²) in [7, 11) is 1.66. The second kappa shape index (κ2) is 4.72. The smallest absolute Gasteiger partial charge is 0.229 e. The van der Waals surface area contributed by atoms with Crippen molar-refractivity contribution in [1.82, 2.24) is 9.97 Å². The molecule has 0 aliphatic rings. The number of fused-ring (bicyclic) bond motifs is 1. The molecule has 0 aliphatic heterocycles. The molecule has 0 bridgehead atoms. The third-order valence-electron chi connectivity index (χ3n) is 3.02. The Hall–Kier alpha value is -2.36. The van der Waals surface area contributed by atoms with Crippen molar-refractivity contribution in [1.29, 1.82) is 0 Å². The molecule has 96 valence electrons. The highest BCUT2D eigenvalue weighted by molar-refractivity contribution is 5.72. The minimum Gasteiger partial charge on any atom is -0.497 e. The lowest BCUT2D eigenvalue weighted by Gasteiger charge is -2.05. The molecule has 2 heterocycles. The molecule has 3 aromatic rings. The van der Waals surface area contributed by atoms with Gasteiger partial charge in [0, 0.05) is 11.8 Å². The maximum Gasteiger partial charge on any atom is 0.229 e. The first-order valence-corrected chi connectivity index (χ1v) is 6.20. The van der Waals surface area contributed by atoms with Crippen LogP contribution in [-0.4, -0.2) is 17.1 Å². The second-order valence-electron chi connectivity index (χ2n) is 4.27. The van der Waals surface area contributed by atoms with Crippen molar-refractivity contribution in [2.45, 2.75) is 13.3 Å². The first-order valence-electron chi connectivity index (χ1n) is 6.20. The number of hydrogen-bond acceptors (Lipinski definition) is 4. The summed E-state index contributed by atoms with van der Waals surface area (Å²) in [5.41, 5.74) is 3.41. The maximum absolute atomic E-state index is 5.72. The fraction of sp³-hybridized carbons (Fsp3) is 0.200. The van der Waals surface area contributed by atoms with Gasteiger partial charge in [-0.05, 0) is 42.3 Å². The zero-order valence-electron chi connectivity index (χ0n) is 10.9. The van der Waals surface area contributed by atoms with Gasteiger partial charge in [0.25, 0.3) is 0 Å². The van der Waals surface area contributed by atoms with Crippen LogP contribution in [-0.2, 0) is 6.42 Å². The highest BCUT2D eigenvalue weighted by Gasteiger charge is 2.10. The zero-order chi connectivity index (χ0) is 13.2. The molecule has 0 N–H and O–H groups in total. The number of hydrogen-bond donors (Lipinski definition) is 0. The Morgan fingerprint density at radius 3 is 2.89 bits per heavy atom. The van der Waals surface area contributed by atoms with Crippen LogP contribution in [0.5, 0.6) is 5.75 Å². The molecule has 2 aromatic heterocycles. The highest BCUT2D eigenvalue weighted by Crippen LogP contribution is 2.27. The predicted molar refractivity (Wildman–Crippen MR) is 73.2 cm³/mol. The van der Waals surface area contributed by atoms with E-state index in [1.165, 1.54) is 5.56 Å². The highest BCUT2D eigenvalue weighted by atomic mass is 16.5. The van der Waals surface area contributed by atoms with Crippen molar-refractivity contribution in [2.24, 2.45) is 0 Å². The fourth-order valence-electron chi connectivity index (χ4n) is 2.00. The van der Waals surface area contributed by atoms with E-state index in [-0.39, 0.29) is 0 Å². The average Bonchev–Trinajstić information content (AvgIpc) is 2.90. The predicted octanol–water partition coefficient (Wildman–Crippen LogP) is 3.46. The minimum atomic E-state index is 0.572. The van der Waals surface area contributed by atoms with Gasteiger partial charge in [-0.25, -0.2) is 4.98 Å². The van der Waals surface area contributed by atoms with E-state index in [0.717, 1.165) is 17.7 Å². The number of rotatable bonds is 3. The molecule has 0 fully saturated rings. The van der Waals surface area contributed by atoms with Crippen LogP contribution in [0.15, 0.2) is 40.9 Å². The minimum absolute atomic E-state index is 0.572. The molecule has 0 saturated heterocycles. The third kappa shape index (κ3) is 2.17. The topological polar surface area (TPSA) is 48.2 Å². The van der Waals surface area contributed by atoms with Gasteiger partial charge < -0.3 is 9.15 Å². The summed E-state index contributed by atoms with van der Waals surface area (Å²) in [5.74, 6) is 1.38. The Morgan fingerprint density at radius 2 is 2.16 bits per heavy atom. The van der Waals surface area contributed by atoms with E-state index in [0.29, 0.717) is 17.1 Å². The SMILES string of the molecule is CCc1cc(OC)cc(-c2nc3ncccc3o2)c1. The van der Waals surface area contributed by atoms with Gasteiger partial charge in [-0.2, -0.15) is 4.98 Å². The van der Waals surface area contributed by atoms with Crippen molar-refractivity contribution < 1.29 is 9.15 Å². The molecule has 0 atom stereocenters. The van der Waals surface area contributed by atoms with E-state index >= 15 is 0 Å². The molecule has 0 spiro atoms. The van der Waals surface area contributed by atoms with Crippen LogP contribution < -0.4 is 4.74 Å². The quantitative estimate of drug-likeness (QED) is 0.718. The van der Waals surface area contributed by atoms with Gasteiger partial charge in [0.05, 0.1) is 7.11 Å². The molecule has 4 nitrogen and oxygen atoms in total. The van der Waals surface area contributed by atoms with Crippen LogP contribution in [0.3, 0.4) is 0 Å². The van der Waals surface area contributed by atoms with Crippen LogP contribution in [0.4, 0.5) is 0 Å². The van der Waals surface area contributed by atoms with Crippen molar-refractivity contribution >= 4 is 11.2 Å². The van der Waals surface area contributed by atoms with Gasteiger partial charge in [-0.3, -0.25) is 0 Å². The van der Waals surface area contributed by atoms with Crippen molar-refractivity contribution in [2.75, 3.05) is 7.11 Å². The van der Waals surface area contributed by atoms with Crippen LogP contribution in [0.2, 0.25) is 0 Å². The van der Waals surface area contributed by atoms with E-state index in [2.05, 4.69) is 23.0 Å². The van der Waals surface area contributed by atoms with Gasteiger partial charge in [-0.15, -0.1) is 0 Å². The van der Waals surface area contributed by atoms with Crippen LogP contribution in [0.25, 0.3) is 22.7 Å². The molecule has 19 heavy (non-hydrogen) atoms. The van der Waals surface area contributed by atoms with E-state index in [1.54, 1.807) is 13.3 Å². The number of ether oxygens (including phenoxy) is 1. The zero-order valence-corrected chi connectivity index (χ0v) is 10.9. The number of oxazole rings is 1. The van der Waals surface area contributed by atoms with Crippen molar-refractivity contribution in [3.8, 4) is 17.2 Å². The number of benzene rings is 1. The molecule has 1 aromatic carbocycles. The van der Waals surface area contributed by atoms with E-state index in [4.69, 9.17) is 9.15 Å². The molecule has 3 rings (SSSR count). The molecule has 0 unspecified atom stereocenters. The van der Waals surface area contributed by atoms with Crippen molar-refractivity contribution in [3.63, 3.8) is 0 Å². The summed E-state index contributed by atoms with van der Waals surface area (Å²) >= 11 is 0. The first-order chi connectivity index (χ1) is 9.30. The van der Waals surface area contributed by atoms with Gasteiger partial charge in [-0.1, -0.05) is 6.92 Å². The van der Waals surface area contributed by atoms with Crippen LogP contribution >= 0.6 is 0 Å². The van der Waals surface area contributed by atoms with Gasteiger partial charge in [0.15, 0.2) is 11.2 Å². The van der Waals surface area contributed by atoms with Gasteiger partial charge in [0.1, 0.15) is 5.75 Å². The Kier molecular flexibility index (Phi) is 2.91. The molecule has 0 radical (unpaired) electrons. The lowest BCUT2D eigenvalue weighted by molar-refractivity contribution is 0.414. The number of pyridine rings is 1. The summed E-state index contributed by atoms with van der Waals surface area (Å²) in [6, 6.07) is 9.70. The normalized spacial score (nSPS) is 10.8. The summed E-state index contributed by atoms with van der Waals surface area (Å²) in [6.45, 7) is 2.10. The summed E-state index contributed by atoms with van der Waals surface area (Å²) < 4.78 is 11.0. The Morgan fingerprint density at radius 1 is 1.26 bits per heavy atom. The van der Waals surface area contributed by atoms with Crippen LogP contribution in [0.1, 0.15) is 12.5 Å². The number of nitrogens with zero attached hydrogens (tertiary/aromatic N) is 2. The fourth-order valence-corrected chi connectivity index (χ4v) is 2.00. The van der Waals surface area contributed by atoms with Gasteiger partial charge >= 0.3 is 0 Å². The van der Waals surface area contributed by atoms with E-state index in [1.807, 2.05) is 24.3 Å². The maximum atomic E-state index is 5.72. The van der Waals surface area contributed by atoms with Crippen LogP contribution in [0, 0.1) is 0 Å². The first kappa shape index (κ1) is 11.7. The molecule has 0 aliphatic carbocycles. The van der Waals surface area contributed by atoms with Crippen molar-refractivity contribution in [3.05, 3.63) is 42.1 Å². The number of aryl methyl sites for hydroxylation is 1. The van der Waals surface area contributed by atoms with Gasteiger partial charge in [0.2, 0.25) is 5.89 Å². The summed E-state index contributed by atoms with van der Waals surface area (Å²) in [5, 5.41) is 0.